The average Bonchev–Trinajstić information content (AvgIpc) is 2.32. The summed E-state index contributed by atoms with van der Waals surface area (Å²) in [5.41, 5.74) is 0.668. The van der Waals surface area contributed by atoms with Crippen LogP contribution in [-0.2, 0) is 0 Å². The highest BCUT2D eigenvalue weighted by Gasteiger charge is 2.20. The number of aromatic hydroxyl groups is 1. The summed E-state index contributed by atoms with van der Waals surface area (Å²) >= 11 is 0. The molecule has 1 aromatic carbocycles. The van der Waals surface area contributed by atoms with Gasteiger partial charge < -0.3 is 10.4 Å². The molecule has 0 amide bonds. The lowest BCUT2D eigenvalue weighted by atomic mass is 10.0. The van der Waals surface area contributed by atoms with Crippen molar-refractivity contribution in [3.63, 3.8) is 0 Å². The van der Waals surface area contributed by atoms with Crippen LogP contribution in [0.25, 0.3) is 0 Å². The molecule has 1 heterocycles. The Bertz CT molecular complexity index is 373. The molecule has 0 aliphatic carbocycles. The van der Waals surface area contributed by atoms with Crippen LogP contribution in [0.1, 0.15) is 18.5 Å². The highest BCUT2D eigenvalue weighted by molar-refractivity contribution is 5.85. The van der Waals surface area contributed by atoms with Crippen molar-refractivity contribution in [2.45, 2.75) is 13.0 Å². The Balaban J connectivity index is 0.00000144. The Morgan fingerprint density at radius 1 is 1.28 bits per heavy atom. The summed E-state index contributed by atoms with van der Waals surface area (Å²) in [6.45, 7) is 5.74. The first-order chi connectivity index (χ1) is 7.68. The van der Waals surface area contributed by atoms with Crippen LogP contribution < -0.4 is 5.32 Å². The zero-order valence-corrected chi connectivity index (χ0v) is 11.9. The van der Waals surface area contributed by atoms with E-state index in [1.807, 2.05) is 6.92 Å². The third kappa shape index (κ3) is 3.99. The fourth-order valence-corrected chi connectivity index (χ4v) is 2.13. The molecule has 0 saturated carbocycles. The van der Waals surface area contributed by atoms with Gasteiger partial charge in [0.15, 0.2) is 0 Å². The van der Waals surface area contributed by atoms with E-state index in [9.17, 15) is 9.50 Å². The normalized spacial score (nSPS) is 17.4. The summed E-state index contributed by atoms with van der Waals surface area (Å²) in [6, 6.07) is 4.17. The number of halogens is 3. The van der Waals surface area contributed by atoms with Crippen LogP contribution in [-0.4, -0.2) is 36.2 Å². The maximum atomic E-state index is 13.1. The van der Waals surface area contributed by atoms with Crippen molar-refractivity contribution in [1.29, 1.82) is 0 Å². The molecule has 18 heavy (non-hydrogen) atoms. The molecule has 1 aromatic rings. The predicted molar refractivity (Wildman–Crippen MR) is 75.4 cm³/mol. The Morgan fingerprint density at radius 3 is 2.50 bits per heavy atom. The molecule has 1 fully saturated rings. The molecule has 0 radical (unpaired) electrons. The number of nitrogens with zero attached hydrogens (tertiary/aromatic N) is 1. The summed E-state index contributed by atoms with van der Waals surface area (Å²) in [7, 11) is 0. The van der Waals surface area contributed by atoms with Gasteiger partial charge in [-0.05, 0) is 25.1 Å². The quantitative estimate of drug-likeness (QED) is 0.879. The minimum atomic E-state index is -0.296. The van der Waals surface area contributed by atoms with Gasteiger partial charge in [0.2, 0.25) is 0 Å². The molecule has 1 aliphatic heterocycles. The standard InChI is InChI=1S/C12H17FN2O.2ClH/c1-9(15-6-4-14-5-7-15)11-8-10(13)2-3-12(11)16;;/h2-3,8-9,14,16H,4-7H2,1H3;2*1H/t9-;;/m0../s1. The number of benzene rings is 1. The second kappa shape index (κ2) is 7.79. The summed E-state index contributed by atoms with van der Waals surface area (Å²) in [6.07, 6.45) is 0. The lowest BCUT2D eigenvalue weighted by Crippen LogP contribution is -2.44. The smallest absolute Gasteiger partial charge is 0.123 e. The molecule has 104 valence electrons. The maximum Gasteiger partial charge on any atom is 0.123 e. The molecule has 0 unspecified atom stereocenters. The third-order valence-electron chi connectivity index (χ3n) is 3.14. The van der Waals surface area contributed by atoms with Crippen LogP contribution in [0.2, 0.25) is 0 Å². The molecule has 6 heteroatoms. The van der Waals surface area contributed by atoms with Gasteiger partial charge in [0.1, 0.15) is 11.6 Å². The molecular formula is C12H19Cl2FN2O. The Labute approximate surface area is 119 Å². The molecule has 1 saturated heterocycles. The van der Waals surface area contributed by atoms with Gasteiger partial charge in [-0.1, -0.05) is 0 Å². The third-order valence-corrected chi connectivity index (χ3v) is 3.14. The van der Waals surface area contributed by atoms with E-state index < -0.39 is 0 Å². The van der Waals surface area contributed by atoms with Gasteiger partial charge in [-0.3, -0.25) is 4.90 Å². The lowest BCUT2D eigenvalue weighted by molar-refractivity contribution is 0.182. The molecule has 1 aliphatic rings. The van der Waals surface area contributed by atoms with Crippen LogP contribution >= 0.6 is 24.8 Å². The first kappa shape index (κ1) is 17.4. The van der Waals surface area contributed by atoms with Crippen molar-refractivity contribution in [2.75, 3.05) is 26.2 Å². The zero-order valence-electron chi connectivity index (χ0n) is 10.2. The number of phenolic OH excluding ortho intramolecular Hbond substituents is 1. The van der Waals surface area contributed by atoms with Crippen molar-refractivity contribution in [2.24, 2.45) is 0 Å². The van der Waals surface area contributed by atoms with E-state index in [1.54, 1.807) is 0 Å². The van der Waals surface area contributed by atoms with Gasteiger partial charge in [-0.15, -0.1) is 24.8 Å². The summed E-state index contributed by atoms with van der Waals surface area (Å²) in [5.74, 6) is -0.123. The Morgan fingerprint density at radius 2 is 1.89 bits per heavy atom. The number of hydrogen-bond acceptors (Lipinski definition) is 3. The average molecular weight is 297 g/mol. The number of rotatable bonds is 2. The largest absolute Gasteiger partial charge is 0.508 e. The fraction of sp³-hybridized carbons (Fsp3) is 0.500. The van der Waals surface area contributed by atoms with Crippen LogP contribution in [0.15, 0.2) is 18.2 Å². The van der Waals surface area contributed by atoms with Gasteiger partial charge in [0.25, 0.3) is 0 Å². The molecule has 2 N–H and O–H groups in total. The monoisotopic (exact) mass is 296 g/mol. The van der Waals surface area contributed by atoms with Crippen LogP contribution in [0.5, 0.6) is 5.75 Å². The van der Waals surface area contributed by atoms with Crippen LogP contribution in [0, 0.1) is 5.82 Å². The number of piperazine rings is 1. The van der Waals surface area contributed by atoms with Gasteiger partial charge in [0.05, 0.1) is 0 Å². The predicted octanol–water partition coefficient (Wildman–Crippen LogP) is 2.34. The van der Waals surface area contributed by atoms with Crippen molar-refractivity contribution in [3.8, 4) is 5.75 Å². The molecule has 0 aromatic heterocycles. The van der Waals surface area contributed by atoms with Gasteiger partial charge >= 0.3 is 0 Å². The van der Waals surface area contributed by atoms with Crippen LogP contribution in [0.4, 0.5) is 4.39 Å². The number of phenols is 1. The highest BCUT2D eigenvalue weighted by Crippen LogP contribution is 2.28. The minimum Gasteiger partial charge on any atom is -0.508 e. The summed E-state index contributed by atoms with van der Waals surface area (Å²) in [4.78, 5) is 2.24. The lowest BCUT2D eigenvalue weighted by Gasteiger charge is -2.33. The summed E-state index contributed by atoms with van der Waals surface area (Å²) in [5, 5.41) is 13.0. The zero-order chi connectivity index (χ0) is 11.5. The maximum absolute atomic E-state index is 13.1. The van der Waals surface area contributed by atoms with Crippen molar-refractivity contribution in [3.05, 3.63) is 29.6 Å². The number of hydrogen-bond donors (Lipinski definition) is 2. The molecule has 0 bridgehead atoms. The minimum absolute atomic E-state index is 0. The van der Waals surface area contributed by atoms with E-state index in [4.69, 9.17) is 0 Å². The van der Waals surface area contributed by atoms with Crippen LogP contribution in [0.3, 0.4) is 0 Å². The van der Waals surface area contributed by atoms with E-state index in [1.165, 1.54) is 18.2 Å². The van der Waals surface area contributed by atoms with E-state index in [0.29, 0.717) is 5.56 Å². The molecule has 3 nitrogen and oxygen atoms in total. The topological polar surface area (TPSA) is 35.5 Å². The van der Waals surface area contributed by atoms with Crippen molar-refractivity contribution < 1.29 is 9.50 Å². The first-order valence-corrected chi connectivity index (χ1v) is 5.61. The van der Waals surface area contributed by atoms with Crippen molar-refractivity contribution >= 4 is 24.8 Å². The van der Waals surface area contributed by atoms with E-state index in [2.05, 4.69) is 10.2 Å². The highest BCUT2D eigenvalue weighted by atomic mass is 35.5. The fourth-order valence-electron chi connectivity index (χ4n) is 2.13. The van der Waals surface area contributed by atoms with E-state index >= 15 is 0 Å². The molecular weight excluding hydrogens is 278 g/mol. The Hall–Kier alpha value is -0.550. The second-order valence-electron chi connectivity index (χ2n) is 4.17. The number of nitrogens with one attached hydrogen (secondary N) is 1. The Kier molecular flexibility index (Phi) is 7.55. The SMILES string of the molecule is C[C@@H](c1cc(F)ccc1O)N1CCNCC1.Cl.Cl. The molecule has 0 spiro atoms. The van der Waals surface area contributed by atoms with Gasteiger partial charge in [0, 0.05) is 37.8 Å². The first-order valence-electron chi connectivity index (χ1n) is 5.61. The second-order valence-corrected chi connectivity index (χ2v) is 4.17. The molecule has 1 atom stereocenters. The summed E-state index contributed by atoms with van der Waals surface area (Å²) < 4.78 is 13.1. The van der Waals surface area contributed by atoms with Crippen molar-refractivity contribution in [1.82, 2.24) is 10.2 Å². The van der Waals surface area contributed by atoms with E-state index in [0.717, 1.165) is 26.2 Å². The molecule has 2 rings (SSSR count). The van der Waals surface area contributed by atoms with E-state index in [-0.39, 0.29) is 42.4 Å². The van der Waals surface area contributed by atoms with Gasteiger partial charge in [-0.2, -0.15) is 0 Å². The van der Waals surface area contributed by atoms with Gasteiger partial charge in [-0.25, -0.2) is 4.39 Å².